The highest BCUT2D eigenvalue weighted by Gasteiger charge is 2.34. The fourth-order valence-corrected chi connectivity index (χ4v) is 2.58. The van der Waals surface area contributed by atoms with Gasteiger partial charge >= 0.3 is 5.97 Å². The first-order chi connectivity index (χ1) is 13.2. The first-order valence-corrected chi connectivity index (χ1v) is 8.00. The molecule has 0 saturated carbocycles. The van der Waals surface area contributed by atoms with Gasteiger partial charge in [0.05, 0.1) is 19.9 Å². The molecule has 9 heteroatoms. The molecule has 0 atom stereocenters. The van der Waals surface area contributed by atoms with E-state index in [9.17, 15) is 4.79 Å². The zero-order chi connectivity index (χ0) is 18.8. The largest absolute Gasteiger partial charge is 0.497 e. The molecule has 0 aromatic heterocycles. The number of amidine groups is 1. The Kier molecular flexibility index (Phi) is 4.27. The summed E-state index contributed by atoms with van der Waals surface area (Å²) >= 11 is 0. The van der Waals surface area contributed by atoms with Crippen LogP contribution in [0.25, 0.3) is 0 Å². The van der Waals surface area contributed by atoms with E-state index >= 15 is 0 Å². The van der Waals surface area contributed by atoms with Crippen molar-refractivity contribution in [1.29, 1.82) is 0 Å². The molecule has 1 fully saturated rings. The number of ether oxygens (including phenoxy) is 2. The van der Waals surface area contributed by atoms with Crippen LogP contribution in [0.15, 0.2) is 75.3 Å². The van der Waals surface area contributed by atoms with Crippen LogP contribution in [-0.4, -0.2) is 26.0 Å². The molecule has 0 amide bonds. The molecule has 2 aromatic carbocycles. The van der Waals surface area contributed by atoms with Gasteiger partial charge in [-0.1, -0.05) is 5.59 Å². The minimum atomic E-state index is -0.598. The first-order valence-electron chi connectivity index (χ1n) is 8.00. The predicted molar refractivity (Wildman–Crippen MR) is 96.1 cm³/mol. The van der Waals surface area contributed by atoms with Crippen LogP contribution in [0, 0.1) is 0 Å². The average molecular weight is 365 g/mol. The number of benzene rings is 2. The van der Waals surface area contributed by atoms with Gasteiger partial charge in [0.2, 0.25) is 5.82 Å². The fraction of sp³-hybridized carbons (Fsp3) is 0.111. The summed E-state index contributed by atoms with van der Waals surface area (Å²) in [7, 11) is 3.17. The summed E-state index contributed by atoms with van der Waals surface area (Å²) in [5.41, 5.74) is 4.11. The van der Waals surface area contributed by atoms with Gasteiger partial charge in [-0.25, -0.2) is 14.8 Å². The zero-order valence-corrected chi connectivity index (χ0v) is 14.5. The van der Waals surface area contributed by atoms with Crippen LogP contribution in [0.5, 0.6) is 11.5 Å². The van der Waals surface area contributed by atoms with E-state index in [1.165, 1.54) is 5.01 Å². The Balaban J connectivity index is 1.68. The summed E-state index contributed by atoms with van der Waals surface area (Å²) in [6, 6.07) is 14.3. The van der Waals surface area contributed by atoms with E-state index in [0.717, 1.165) is 11.3 Å². The SMILES string of the molecule is COc1ccc(C2=N/C(=C3\C(=O)ONN3c3ccc(OC)cc3)N=N2)cc1. The van der Waals surface area contributed by atoms with Gasteiger partial charge in [0, 0.05) is 5.56 Å². The van der Waals surface area contributed by atoms with Gasteiger partial charge in [0.25, 0.3) is 0 Å². The van der Waals surface area contributed by atoms with Crippen LogP contribution < -0.4 is 20.1 Å². The monoisotopic (exact) mass is 365 g/mol. The highest BCUT2D eigenvalue weighted by molar-refractivity contribution is 6.02. The van der Waals surface area contributed by atoms with Crippen molar-refractivity contribution >= 4 is 17.5 Å². The van der Waals surface area contributed by atoms with Gasteiger partial charge in [-0.3, -0.25) is 0 Å². The van der Waals surface area contributed by atoms with Gasteiger partial charge in [-0.2, -0.15) is 0 Å². The standard InChI is InChI=1S/C18H15N5O4/c1-25-13-7-3-11(4-8-13)16-19-17(21-20-16)15-18(24)27-22-23(15)12-5-9-14(26-2)10-6-12/h3-10,22H,1-2H3/b17-15-. The molecule has 2 aliphatic heterocycles. The lowest BCUT2D eigenvalue weighted by atomic mass is 10.2. The molecule has 0 spiro atoms. The predicted octanol–water partition coefficient (Wildman–Crippen LogP) is 2.57. The summed E-state index contributed by atoms with van der Waals surface area (Å²) in [5.74, 6) is 1.38. The second-order valence-corrected chi connectivity index (χ2v) is 5.55. The van der Waals surface area contributed by atoms with Crippen molar-refractivity contribution < 1.29 is 19.1 Å². The molecule has 2 aromatic rings. The van der Waals surface area contributed by atoms with E-state index < -0.39 is 5.97 Å². The van der Waals surface area contributed by atoms with E-state index in [4.69, 9.17) is 14.3 Å². The molecule has 1 N–H and O–H groups in total. The lowest BCUT2D eigenvalue weighted by Gasteiger charge is -2.15. The fourth-order valence-electron chi connectivity index (χ4n) is 2.58. The molecule has 2 heterocycles. The number of nitrogens with one attached hydrogen (secondary N) is 1. The second-order valence-electron chi connectivity index (χ2n) is 5.55. The maximum Gasteiger partial charge on any atom is 0.380 e. The van der Waals surface area contributed by atoms with Gasteiger partial charge in [0.1, 0.15) is 11.5 Å². The van der Waals surface area contributed by atoms with Crippen LogP contribution in [0.1, 0.15) is 5.56 Å². The van der Waals surface area contributed by atoms with Crippen molar-refractivity contribution in [2.24, 2.45) is 15.2 Å². The van der Waals surface area contributed by atoms with Crippen molar-refractivity contribution in [3.8, 4) is 11.5 Å². The van der Waals surface area contributed by atoms with Crippen molar-refractivity contribution in [2.45, 2.75) is 0 Å². The third-order valence-electron chi connectivity index (χ3n) is 3.99. The summed E-state index contributed by atoms with van der Waals surface area (Å²) in [6.07, 6.45) is 0. The van der Waals surface area contributed by atoms with Crippen LogP contribution in [0.4, 0.5) is 5.69 Å². The van der Waals surface area contributed by atoms with Gasteiger partial charge in [-0.15, -0.1) is 10.2 Å². The average Bonchev–Trinajstić information content (AvgIpc) is 3.34. The normalized spacial score (nSPS) is 18.5. The lowest BCUT2D eigenvalue weighted by molar-refractivity contribution is -0.140. The minimum absolute atomic E-state index is 0.146. The van der Waals surface area contributed by atoms with Crippen LogP contribution >= 0.6 is 0 Å². The summed E-state index contributed by atoms with van der Waals surface area (Å²) < 4.78 is 10.3. The molecule has 9 nitrogen and oxygen atoms in total. The number of carbonyl (C=O) groups is 1. The molecule has 0 bridgehead atoms. The molecule has 27 heavy (non-hydrogen) atoms. The molecule has 4 rings (SSSR count). The number of hydrazine groups is 1. The summed E-state index contributed by atoms with van der Waals surface area (Å²) in [6.45, 7) is 0. The highest BCUT2D eigenvalue weighted by Crippen LogP contribution is 2.29. The zero-order valence-electron chi connectivity index (χ0n) is 14.5. The molecule has 1 saturated heterocycles. The smallest absolute Gasteiger partial charge is 0.380 e. The van der Waals surface area contributed by atoms with Gasteiger partial charge in [0.15, 0.2) is 11.5 Å². The van der Waals surface area contributed by atoms with Crippen LogP contribution in [-0.2, 0) is 9.63 Å². The number of hydrogen-bond donors (Lipinski definition) is 1. The third-order valence-corrected chi connectivity index (χ3v) is 3.99. The number of methoxy groups -OCH3 is 2. The molecule has 0 unspecified atom stereocenters. The quantitative estimate of drug-likeness (QED) is 0.837. The van der Waals surface area contributed by atoms with Crippen molar-refractivity contribution in [1.82, 2.24) is 5.59 Å². The van der Waals surface area contributed by atoms with Crippen LogP contribution in [0.3, 0.4) is 0 Å². The van der Waals surface area contributed by atoms with Crippen molar-refractivity contribution in [3.63, 3.8) is 0 Å². The maximum absolute atomic E-state index is 12.2. The van der Waals surface area contributed by atoms with E-state index in [0.29, 0.717) is 17.3 Å². The highest BCUT2D eigenvalue weighted by atomic mass is 16.7. The Labute approximate surface area is 154 Å². The number of azo groups is 1. The Hall–Kier alpha value is -3.72. The van der Waals surface area contributed by atoms with E-state index in [1.54, 1.807) is 50.6 Å². The summed E-state index contributed by atoms with van der Waals surface area (Å²) in [5, 5.41) is 9.57. The summed E-state index contributed by atoms with van der Waals surface area (Å²) in [4.78, 5) is 21.5. The van der Waals surface area contributed by atoms with E-state index in [1.807, 2.05) is 12.1 Å². The molecular weight excluding hydrogens is 350 g/mol. The van der Waals surface area contributed by atoms with E-state index in [2.05, 4.69) is 20.8 Å². The van der Waals surface area contributed by atoms with E-state index in [-0.39, 0.29) is 11.5 Å². The molecule has 2 aliphatic rings. The number of rotatable bonds is 4. The third kappa shape index (κ3) is 3.11. The Bertz CT molecular complexity index is 964. The number of anilines is 1. The maximum atomic E-state index is 12.2. The van der Waals surface area contributed by atoms with Crippen molar-refractivity contribution in [2.75, 3.05) is 19.2 Å². The molecular formula is C18H15N5O4. The Morgan fingerprint density at radius 3 is 2.19 bits per heavy atom. The van der Waals surface area contributed by atoms with Gasteiger partial charge in [-0.05, 0) is 48.5 Å². The first kappa shape index (κ1) is 16.7. The number of nitrogens with zero attached hydrogens (tertiary/aromatic N) is 4. The molecule has 136 valence electrons. The van der Waals surface area contributed by atoms with Crippen LogP contribution in [0.2, 0.25) is 0 Å². The van der Waals surface area contributed by atoms with Crippen molar-refractivity contribution in [3.05, 3.63) is 65.6 Å². The molecule has 0 aliphatic carbocycles. The number of carbonyl (C=O) groups excluding carboxylic acids is 1. The topological polar surface area (TPSA) is 97.1 Å². The number of hydrogen-bond acceptors (Lipinski definition) is 9. The molecule has 0 radical (unpaired) electrons. The number of aliphatic imine (C=N–C) groups is 1. The second kappa shape index (κ2) is 6.89. The Morgan fingerprint density at radius 1 is 0.926 bits per heavy atom. The minimum Gasteiger partial charge on any atom is -0.497 e. The lowest BCUT2D eigenvalue weighted by Crippen LogP contribution is -2.29. The Morgan fingerprint density at radius 2 is 1.56 bits per heavy atom. The van der Waals surface area contributed by atoms with Gasteiger partial charge < -0.3 is 14.3 Å².